The van der Waals surface area contributed by atoms with Crippen molar-refractivity contribution in [3.05, 3.63) is 83.1 Å². The Morgan fingerprint density at radius 1 is 1.00 bits per heavy atom. The summed E-state index contributed by atoms with van der Waals surface area (Å²) in [6.07, 6.45) is 3.57. The van der Waals surface area contributed by atoms with Crippen LogP contribution in [0.15, 0.2) is 67.0 Å². The third-order valence-corrected chi connectivity index (χ3v) is 5.71. The number of piperazine rings is 1. The number of hydrogen-bond donors (Lipinski definition) is 0. The molecule has 1 aromatic heterocycles. The first-order chi connectivity index (χ1) is 15.1. The number of benzene rings is 2. The number of nitrogens with zero attached hydrogens (tertiary/aromatic N) is 4. The van der Waals surface area contributed by atoms with E-state index < -0.39 is 6.04 Å². The van der Waals surface area contributed by atoms with Crippen LogP contribution >= 0.6 is 11.6 Å². The van der Waals surface area contributed by atoms with Crippen LogP contribution in [0.5, 0.6) is 0 Å². The molecule has 7 nitrogen and oxygen atoms in total. The molecule has 1 amide bonds. The number of ether oxygens (including phenoxy) is 1. The Labute approximate surface area is 185 Å². The summed E-state index contributed by atoms with van der Waals surface area (Å²) in [7, 11) is 1.39. The fourth-order valence-electron chi connectivity index (χ4n) is 3.80. The molecule has 31 heavy (non-hydrogen) atoms. The number of amides is 1. The lowest BCUT2D eigenvalue weighted by molar-refractivity contribution is -0.148. The number of rotatable bonds is 5. The summed E-state index contributed by atoms with van der Waals surface area (Å²) >= 11 is 5.99. The van der Waals surface area contributed by atoms with Gasteiger partial charge in [-0.25, -0.2) is 9.48 Å². The van der Waals surface area contributed by atoms with E-state index in [9.17, 15) is 9.59 Å². The fourth-order valence-corrected chi connectivity index (χ4v) is 3.92. The number of aromatic nitrogens is 2. The molecular weight excluding hydrogens is 416 g/mol. The van der Waals surface area contributed by atoms with Crippen LogP contribution in [-0.2, 0) is 9.53 Å². The molecule has 2 aromatic carbocycles. The first-order valence-corrected chi connectivity index (χ1v) is 10.4. The molecule has 3 aromatic rings. The minimum Gasteiger partial charge on any atom is -0.468 e. The molecule has 2 heterocycles. The molecule has 1 atom stereocenters. The maximum Gasteiger partial charge on any atom is 0.327 e. The molecule has 160 valence electrons. The lowest BCUT2D eigenvalue weighted by atomic mass is 10.0. The maximum atomic E-state index is 13.0. The van der Waals surface area contributed by atoms with Crippen molar-refractivity contribution in [2.24, 2.45) is 0 Å². The van der Waals surface area contributed by atoms with E-state index in [1.165, 1.54) is 7.11 Å². The number of methoxy groups -OCH3 is 1. The quantitative estimate of drug-likeness (QED) is 0.572. The average Bonchev–Trinajstić information content (AvgIpc) is 3.35. The zero-order valence-electron chi connectivity index (χ0n) is 17.1. The van der Waals surface area contributed by atoms with Gasteiger partial charge in [0.05, 0.1) is 12.8 Å². The molecule has 0 aliphatic carbocycles. The van der Waals surface area contributed by atoms with Crippen LogP contribution in [0.25, 0.3) is 5.69 Å². The molecule has 8 heteroatoms. The summed E-state index contributed by atoms with van der Waals surface area (Å²) in [6, 6.07) is 15.9. The zero-order chi connectivity index (χ0) is 21.8. The highest BCUT2D eigenvalue weighted by Crippen LogP contribution is 2.25. The van der Waals surface area contributed by atoms with Gasteiger partial charge < -0.3 is 9.64 Å². The van der Waals surface area contributed by atoms with Gasteiger partial charge in [0.2, 0.25) is 0 Å². The van der Waals surface area contributed by atoms with E-state index in [2.05, 4.69) is 5.10 Å². The van der Waals surface area contributed by atoms with Crippen LogP contribution in [0, 0.1) is 0 Å². The Bertz CT molecular complexity index is 1030. The molecule has 0 bridgehead atoms. The van der Waals surface area contributed by atoms with Crippen molar-refractivity contribution < 1.29 is 14.3 Å². The Balaban J connectivity index is 1.42. The minimum atomic E-state index is -0.520. The van der Waals surface area contributed by atoms with Crippen molar-refractivity contribution in [3.8, 4) is 5.69 Å². The Hall–Kier alpha value is -3.16. The largest absolute Gasteiger partial charge is 0.468 e. The fraction of sp³-hybridized carbons (Fsp3) is 0.261. The third kappa shape index (κ3) is 4.62. The molecule has 1 saturated heterocycles. The highest BCUT2D eigenvalue weighted by Gasteiger charge is 2.32. The summed E-state index contributed by atoms with van der Waals surface area (Å²) in [5.41, 5.74) is 2.35. The van der Waals surface area contributed by atoms with Crippen molar-refractivity contribution in [3.63, 3.8) is 0 Å². The van der Waals surface area contributed by atoms with E-state index >= 15 is 0 Å². The third-order valence-electron chi connectivity index (χ3n) is 5.46. The van der Waals surface area contributed by atoms with Crippen molar-refractivity contribution >= 4 is 23.5 Å². The van der Waals surface area contributed by atoms with Crippen LogP contribution in [-0.4, -0.2) is 64.7 Å². The minimum absolute atomic E-state index is 0.0206. The molecule has 0 spiro atoms. The number of esters is 1. The second-order valence-corrected chi connectivity index (χ2v) is 7.74. The monoisotopic (exact) mass is 438 g/mol. The number of hydrogen-bond acceptors (Lipinski definition) is 5. The highest BCUT2D eigenvalue weighted by molar-refractivity contribution is 6.30. The molecule has 4 rings (SSSR count). The van der Waals surface area contributed by atoms with Crippen molar-refractivity contribution in [2.45, 2.75) is 6.04 Å². The summed E-state index contributed by atoms with van der Waals surface area (Å²) in [4.78, 5) is 29.3. The average molecular weight is 439 g/mol. The van der Waals surface area contributed by atoms with Crippen LogP contribution in [0.1, 0.15) is 22.0 Å². The number of carbonyl (C=O) groups is 2. The maximum absolute atomic E-state index is 13.0. The lowest BCUT2D eigenvalue weighted by Gasteiger charge is -2.38. The van der Waals surface area contributed by atoms with E-state index in [4.69, 9.17) is 16.3 Å². The van der Waals surface area contributed by atoms with Crippen molar-refractivity contribution in [1.29, 1.82) is 0 Å². The van der Waals surface area contributed by atoms with Gasteiger partial charge in [-0.3, -0.25) is 9.69 Å². The lowest BCUT2D eigenvalue weighted by Crippen LogP contribution is -2.51. The predicted octanol–water partition coefficient (Wildman–Crippen LogP) is 3.20. The second kappa shape index (κ2) is 9.32. The molecule has 1 aliphatic heterocycles. The number of carbonyl (C=O) groups excluding carboxylic acids is 2. The van der Waals surface area contributed by atoms with Crippen LogP contribution in [0.2, 0.25) is 5.02 Å². The SMILES string of the molecule is COC(=O)[C@H](c1ccc(Cl)cc1)N1CCN(C(=O)c2ccc(-n3cccn3)cc2)CC1. The van der Waals surface area contributed by atoms with Gasteiger partial charge in [0.15, 0.2) is 0 Å². The van der Waals surface area contributed by atoms with Gasteiger partial charge in [-0.1, -0.05) is 23.7 Å². The van der Waals surface area contributed by atoms with E-state index in [-0.39, 0.29) is 11.9 Å². The van der Waals surface area contributed by atoms with Gasteiger partial charge in [0, 0.05) is 49.2 Å². The number of halogens is 1. The summed E-state index contributed by atoms with van der Waals surface area (Å²) < 4.78 is 6.78. The Kier molecular flexibility index (Phi) is 6.34. The topological polar surface area (TPSA) is 67.7 Å². The van der Waals surface area contributed by atoms with Crippen molar-refractivity contribution in [2.75, 3.05) is 33.3 Å². The van der Waals surface area contributed by atoms with E-state index in [1.807, 2.05) is 58.5 Å². The van der Waals surface area contributed by atoms with Gasteiger partial charge in [-0.05, 0) is 48.0 Å². The second-order valence-electron chi connectivity index (χ2n) is 7.30. The van der Waals surface area contributed by atoms with Gasteiger partial charge in [-0.15, -0.1) is 0 Å². The standard InChI is InChI=1S/C23H23ClN4O3/c1-31-23(30)21(17-3-7-19(24)8-4-17)26-13-15-27(16-14-26)22(29)18-5-9-20(10-6-18)28-12-2-11-25-28/h2-12,21H,13-16H2,1H3/t21-/m0/s1. The molecule has 1 fully saturated rings. The van der Waals surface area contributed by atoms with E-state index in [0.29, 0.717) is 36.8 Å². The first-order valence-electron chi connectivity index (χ1n) is 10.0. The molecule has 0 N–H and O–H groups in total. The van der Waals surface area contributed by atoms with E-state index in [0.717, 1.165) is 11.3 Å². The highest BCUT2D eigenvalue weighted by atomic mass is 35.5. The van der Waals surface area contributed by atoms with Crippen LogP contribution in [0.4, 0.5) is 0 Å². The van der Waals surface area contributed by atoms with E-state index in [1.54, 1.807) is 23.0 Å². The smallest absolute Gasteiger partial charge is 0.327 e. The molecule has 1 aliphatic rings. The first kappa shape index (κ1) is 21.1. The Morgan fingerprint density at radius 2 is 1.68 bits per heavy atom. The molecular formula is C23H23ClN4O3. The van der Waals surface area contributed by atoms with Crippen LogP contribution in [0.3, 0.4) is 0 Å². The zero-order valence-corrected chi connectivity index (χ0v) is 17.9. The summed E-state index contributed by atoms with van der Waals surface area (Å²) in [5, 5.41) is 4.81. The van der Waals surface area contributed by atoms with Crippen molar-refractivity contribution in [1.82, 2.24) is 19.6 Å². The van der Waals surface area contributed by atoms with Gasteiger partial charge in [0.25, 0.3) is 5.91 Å². The van der Waals surface area contributed by atoms with Crippen LogP contribution < -0.4 is 0 Å². The summed E-state index contributed by atoms with van der Waals surface area (Å²) in [6.45, 7) is 2.20. The summed E-state index contributed by atoms with van der Waals surface area (Å²) in [5.74, 6) is -0.343. The van der Waals surface area contributed by atoms with Gasteiger partial charge in [-0.2, -0.15) is 5.10 Å². The molecule has 0 unspecified atom stereocenters. The van der Waals surface area contributed by atoms with Gasteiger partial charge >= 0.3 is 5.97 Å². The predicted molar refractivity (Wildman–Crippen MR) is 117 cm³/mol. The molecule has 0 radical (unpaired) electrons. The van der Waals surface area contributed by atoms with Gasteiger partial charge in [0.1, 0.15) is 6.04 Å². The normalized spacial score (nSPS) is 15.5. The molecule has 0 saturated carbocycles. The Morgan fingerprint density at radius 3 is 2.26 bits per heavy atom.